The summed E-state index contributed by atoms with van der Waals surface area (Å²) in [5.74, 6) is 0. The first-order chi connectivity index (χ1) is 12.2. The molecule has 0 fully saturated rings. The molecule has 5 heteroatoms. The molecule has 0 aliphatic heterocycles. The molecule has 25 heavy (non-hydrogen) atoms. The maximum absolute atomic E-state index is 9.35. The first-order valence-electron chi connectivity index (χ1n) is 10.3. The fraction of sp³-hybridized carbons (Fsp3) is 1.00. The second-order valence-electron chi connectivity index (χ2n) is 6.71. The molecule has 0 rings (SSSR count). The van der Waals surface area contributed by atoms with Crippen LogP contribution in [0.5, 0.6) is 0 Å². The fourth-order valence-electron chi connectivity index (χ4n) is 2.30. The molecule has 0 aliphatic carbocycles. The third-order valence-electron chi connectivity index (χ3n) is 4.22. The summed E-state index contributed by atoms with van der Waals surface area (Å²) in [6, 6.07) is 0. The first-order valence-corrected chi connectivity index (χ1v) is 10.3. The van der Waals surface area contributed by atoms with Gasteiger partial charge in [-0.15, -0.1) is 0 Å². The molecule has 0 bridgehead atoms. The first kappa shape index (κ1) is 24.8. The van der Waals surface area contributed by atoms with Crippen LogP contribution in [0.1, 0.15) is 78.1 Å². The Morgan fingerprint density at radius 2 is 0.840 bits per heavy atom. The van der Waals surface area contributed by atoms with E-state index < -0.39 is 0 Å². The second-order valence-corrected chi connectivity index (χ2v) is 6.71. The lowest BCUT2D eigenvalue weighted by molar-refractivity contribution is 0.0330. The third kappa shape index (κ3) is 20.0. The van der Waals surface area contributed by atoms with Gasteiger partial charge in [-0.2, -0.15) is 0 Å². The smallest absolute Gasteiger partial charge is 0.0771 e. The van der Waals surface area contributed by atoms with E-state index in [-0.39, 0.29) is 12.2 Å². The van der Waals surface area contributed by atoms with E-state index in [9.17, 15) is 10.2 Å². The van der Waals surface area contributed by atoms with Crippen LogP contribution in [-0.2, 0) is 14.2 Å². The van der Waals surface area contributed by atoms with Gasteiger partial charge in [0.1, 0.15) is 0 Å². The highest BCUT2D eigenvalue weighted by Gasteiger charge is 2.00. The van der Waals surface area contributed by atoms with E-state index in [0.29, 0.717) is 13.2 Å². The van der Waals surface area contributed by atoms with Crippen molar-refractivity contribution in [3.05, 3.63) is 0 Å². The van der Waals surface area contributed by atoms with Gasteiger partial charge in [-0.3, -0.25) is 0 Å². The highest BCUT2D eigenvalue weighted by molar-refractivity contribution is 4.50. The van der Waals surface area contributed by atoms with Crippen molar-refractivity contribution in [3.8, 4) is 0 Å². The Morgan fingerprint density at radius 3 is 1.16 bits per heavy atom. The van der Waals surface area contributed by atoms with Crippen LogP contribution in [-0.4, -0.2) is 62.1 Å². The zero-order valence-corrected chi connectivity index (χ0v) is 16.6. The molecule has 5 nitrogen and oxygen atoms in total. The van der Waals surface area contributed by atoms with E-state index >= 15 is 0 Å². The van der Waals surface area contributed by atoms with Gasteiger partial charge in [0.2, 0.25) is 0 Å². The highest BCUT2D eigenvalue weighted by atomic mass is 16.5. The molecule has 0 aromatic rings. The highest BCUT2D eigenvalue weighted by Crippen LogP contribution is 2.04. The molecule has 0 spiro atoms. The number of hydrogen-bond acceptors (Lipinski definition) is 5. The lowest BCUT2D eigenvalue weighted by atomic mass is 10.2. The Morgan fingerprint density at radius 1 is 0.520 bits per heavy atom. The van der Waals surface area contributed by atoms with Gasteiger partial charge in [0.15, 0.2) is 0 Å². The number of ether oxygens (including phenoxy) is 3. The summed E-state index contributed by atoms with van der Waals surface area (Å²) in [4.78, 5) is 0. The van der Waals surface area contributed by atoms with Gasteiger partial charge in [-0.25, -0.2) is 0 Å². The van der Waals surface area contributed by atoms with Crippen molar-refractivity contribution in [1.82, 2.24) is 0 Å². The molecule has 0 aromatic carbocycles. The van der Waals surface area contributed by atoms with Gasteiger partial charge in [0.05, 0.1) is 25.4 Å². The molecule has 0 radical (unpaired) electrons. The van der Waals surface area contributed by atoms with Gasteiger partial charge < -0.3 is 24.4 Å². The molecule has 152 valence electrons. The van der Waals surface area contributed by atoms with E-state index in [4.69, 9.17) is 14.2 Å². The van der Waals surface area contributed by atoms with Crippen molar-refractivity contribution in [3.63, 3.8) is 0 Å². The van der Waals surface area contributed by atoms with Crippen LogP contribution in [0, 0.1) is 0 Å². The summed E-state index contributed by atoms with van der Waals surface area (Å²) < 4.78 is 16.5. The van der Waals surface area contributed by atoms with Crippen LogP contribution < -0.4 is 0 Å². The SMILES string of the molecule is CCC(O)COCCCCCCOCCCCCCOCC(O)CC. The van der Waals surface area contributed by atoms with Crippen molar-refractivity contribution in [2.24, 2.45) is 0 Å². The maximum atomic E-state index is 9.35. The number of aliphatic hydroxyl groups excluding tert-OH is 2. The quantitative estimate of drug-likeness (QED) is 0.323. The van der Waals surface area contributed by atoms with Crippen LogP contribution in [0.2, 0.25) is 0 Å². The minimum atomic E-state index is -0.310. The lowest BCUT2D eigenvalue weighted by Gasteiger charge is -2.09. The van der Waals surface area contributed by atoms with E-state index in [0.717, 1.165) is 77.8 Å². The Labute approximate surface area is 155 Å². The van der Waals surface area contributed by atoms with E-state index in [1.807, 2.05) is 13.8 Å². The standard InChI is InChI=1S/C20H42O5/c1-3-19(21)17-24-15-11-7-5-9-13-23-14-10-6-8-12-16-25-18-20(22)4-2/h19-22H,3-18H2,1-2H3. The summed E-state index contributed by atoms with van der Waals surface area (Å²) >= 11 is 0. The molecular weight excluding hydrogens is 320 g/mol. The van der Waals surface area contributed by atoms with Gasteiger partial charge in [-0.05, 0) is 38.5 Å². The van der Waals surface area contributed by atoms with E-state index in [1.165, 1.54) is 12.8 Å². The zero-order valence-electron chi connectivity index (χ0n) is 16.6. The molecule has 0 saturated carbocycles. The minimum absolute atomic E-state index is 0.310. The van der Waals surface area contributed by atoms with Crippen molar-refractivity contribution in [2.75, 3.05) is 39.6 Å². The predicted molar refractivity (Wildman–Crippen MR) is 102 cm³/mol. The summed E-state index contributed by atoms with van der Waals surface area (Å²) in [5, 5.41) is 18.7. The van der Waals surface area contributed by atoms with E-state index in [2.05, 4.69) is 0 Å². The van der Waals surface area contributed by atoms with Crippen molar-refractivity contribution in [1.29, 1.82) is 0 Å². The number of rotatable bonds is 20. The molecule has 2 atom stereocenters. The van der Waals surface area contributed by atoms with Gasteiger partial charge >= 0.3 is 0 Å². The molecule has 0 aliphatic rings. The summed E-state index contributed by atoms with van der Waals surface area (Å²) in [6.45, 7) is 8.06. The fourth-order valence-corrected chi connectivity index (χ4v) is 2.30. The third-order valence-corrected chi connectivity index (χ3v) is 4.22. The molecular formula is C20H42O5. The second kappa shape index (κ2) is 20.1. The molecule has 2 N–H and O–H groups in total. The van der Waals surface area contributed by atoms with Crippen LogP contribution in [0.25, 0.3) is 0 Å². The van der Waals surface area contributed by atoms with E-state index in [1.54, 1.807) is 0 Å². The number of unbranched alkanes of at least 4 members (excludes halogenated alkanes) is 6. The zero-order chi connectivity index (χ0) is 18.6. The van der Waals surface area contributed by atoms with Crippen LogP contribution in [0.15, 0.2) is 0 Å². The summed E-state index contributed by atoms with van der Waals surface area (Å²) in [5.41, 5.74) is 0. The largest absolute Gasteiger partial charge is 0.391 e. The summed E-state index contributed by atoms with van der Waals surface area (Å²) in [7, 11) is 0. The lowest BCUT2D eigenvalue weighted by Crippen LogP contribution is -2.14. The van der Waals surface area contributed by atoms with Gasteiger partial charge in [-0.1, -0.05) is 39.5 Å². The Kier molecular flexibility index (Phi) is 20.0. The predicted octanol–water partition coefficient (Wildman–Crippen LogP) is 3.70. The van der Waals surface area contributed by atoms with Gasteiger partial charge in [0.25, 0.3) is 0 Å². The minimum Gasteiger partial charge on any atom is -0.391 e. The topological polar surface area (TPSA) is 68.2 Å². The molecule has 2 unspecified atom stereocenters. The normalized spacial score (nSPS) is 13.9. The van der Waals surface area contributed by atoms with Crippen LogP contribution >= 0.6 is 0 Å². The average molecular weight is 363 g/mol. The van der Waals surface area contributed by atoms with Crippen molar-refractivity contribution < 1.29 is 24.4 Å². The average Bonchev–Trinajstić information content (AvgIpc) is 2.63. The monoisotopic (exact) mass is 362 g/mol. The molecule has 0 amide bonds. The van der Waals surface area contributed by atoms with Gasteiger partial charge in [0, 0.05) is 26.4 Å². The Balaban J connectivity index is 3.03. The molecule has 0 saturated heterocycles. The number of hydrogen-bond donors (Lipinski definition) is 2. The maximum Gasteiger partial charge on any atom is 0.0771 e. The molecule has 0 aromatic heterocycles. The van der Waals surface area contributed by atoms with Crippen molar-refractivity contribution in [2.45, 2.75) is 90.3 Å². The van der Waals surface area contributed by atoms with Crippen LogP contribution in [0.4, 0.5) is 0 Å². The number of aliphatic hydroxyl groups is 2. The Hall–Kier alpha value is -0.200. The van der Waals surface area contributed by atoms with Crippen molar-refractivity contribution >= 4 is 0 Å². The summed E-state index contributed by atoms with van der Waals surface area (Å²) in [6.07, 6.45) is 9.95. The molecule has 0 heterocycles. The Bertz CT molecular complexity index is 226. The van der Waals surface area contributed by atoms with Crippen LogP contribution in [0.3, 0.4) is 0 Å².